The molecule has 0 aliphatic carbocycles. The lowest BCUT2D eigenvalue weighted by Crippen LogP contribution is -2.32. The summed E-state index contributed by atoms with van der Waals surface area (Å²) in [5.41, 5.74) is 7.27. The summed E-state index contributed by atoms with van der Waals surface area (Å²) >= 11 is 1.80. The van der Waals surface area contributed by atoms with E-state index in [4.69, 9.17) is 10.6 Å². The van der Waals surface area contributed by atoms with E-state index in [9.17, 15) is 0 Å². The van der Waals surface area contributed by atoms with E-state index in [0.29, 0.717) is 11.9 Å². The van der Waals surface area contributed by atoms with E-state index in [-0.39, 0.29) is 6.04 Å². The highest BCUT2D eigenvalue weighted by atomic mass is 32.1. The minimum atomic E-state index is 0.129. The van der Waals surface area contributed by atoms with Gasteiger partial charge in [-0.2, -0.15) is 0 Å². The van der Waals surface area contributed by atoms with E-state index in [1.807, 2.05) is 11.1 Å². The quantitative estimate of drug-likeness (QED) is 0.900. The Kier molecular flexibility index (Phi) is 4.50. The second-order valence-corrected chi connectivity index (χ2v) is 7.11. The van der Waals surface area contributed by atoms with Crippen molar-refractivity contribution < 1.29 is 4.84 Å². The van der Waals surface area contributed by atoms with Crippen molar-refractivity contribution in [2.45, 2.75) is 38.8 Å². The summed E-state index contributed by atoms with van der Waals surface area (Å²) in [4.78, 5) is 8.36. The first-order chi connectivity index (χ1) is 10.6. The van der Waals surface area contributed by atoms with Gasteiger partial charge in [-0.25, -0.2) is 0 Å². The number of hydrogen-bond donors (Lipinski definition) is 1. The standard InChI is InChI=1S/C18H22N2OS/c1-13(8-10-15-6-4-3-5-7-15)20-16(12-18(19)21-20)17-11-9-14(2)22-17/h3-7,9,11-13,16H,8,10,19H2,1-2H3. The van der Waals surface area contributed by atoms with Crippen LogP contribution in [0.15, 0.2) is 54.4 Å². The van der Waals surface area contributed by atoms with Gasteiger partial charge in [-0.1, -0.05) is 30.3 Å². The molecule has 1 aromatic heterocycles. The molecule has 2 aromatic rings. The van der Waals surface area contributed by atoms with Gasteiger partial charge in [0, 0.05) is 21.9 Å². The maximum atomic E-state index is 5.91. The molecule has 0 radical (unpaired) electrons. The van der Waals surface area contributed by atoms with Crippen LogP contribution in [0.3, 0.4) is 0 Å². The fourth-order valence-corrected chi connectivity index (χ4v) is 3.71. The predicted octanol–water partition coefficient (Wildman–Crippen LogP) is 4.17. The summed E-state index contributed by atoms with van der Waals surface area (Å²) < 4.78 is 0. The molecular formula is C18H22N2OS. The summed E-state index contributed by atoms with van der Waals surface area (Å²) in [6, 6.07) is 15.3. The molecule has 0 saturated heterocycles. The Morgan fingerprint density at radius 2 is 2.00 bits per heavy atom. The Morgan fingerprint density at radius 1 is 1.23 bits per heavy atom. The third-order valence-corrected chi connectivity index (χ3v) is 5.06. The average molecular weight is 314 g/mol. The number of hydroxylamine groups is 2. The zero-order chi connectivity index (χ0) is 15.5. The molecule has 0 amide bonds. The highest BCUT2D eigenvalue weighted by Crippen LogP contribution is 2.36. The van der Waals surface area contributed by atoms with Crippen LogP contribution in [0.2, 0.25) is 0 Å². The number of aryl methyl sites for hydroxylation is 2. The second-order valence-electron chi connectivity index (χ2n) is 5.79. The number of benzene rings is 1. The molecule has 0 fully saturated rings. The van der Waals surface area contributed by atoms with E-state index in [2.05, 4.69) is 56.3 Å². The molecular weight excluding hydrogens is 292 g/mol. The van der Waals surface area contributed by atoms with E-state index in [0.717, 1.165) is 12.8 Å². The normalized spacial score (nSPS) is 19.7. The van der Waals surface area contributed by atoms with Gasteiger partial charge in [0.15, 0.2) is 0 Å². The number of nitrogens with zero attached hydrogens (tertiary/aromatic N) is 1. The fourth-order valence-electron chi connectivity index (χ4n) is 2.77. The van der Waals surface area contributed by atoms with Crippen molar-refractivity contribution in [3.63, 3.8) is 0 Å². The SMILES string of the molecule is Cc1ccc(C2C=C(N)ON2C(C)CCc2ccccc2)s1. The van der Waals surface area contributed by atoms with Gasteiger partial charge in [-0.3, -0.25) is 0 Å². The molecule has 0 spiro atoms. The fraction of sp³-hybridized carbons (Fsp3) is 0.333. The van der Waals surface area contributed by atoms with E-state index in [1.165, 1.54) is 15.3 Å². The Labute approximate surface area is 136 Å². The number of rotatable bonds is 5. The van der Waals surface area contributed by atoms with Gasteiger partial charge in [-0.15, -0.1) is 16.4 Å². The zero-order valence-electron chi connectivity index (χ0n) is 13.0. The number of nitrogens with two attached hydrogens (primary N) is 1. The first-order valence-electron chi connectivity index (χ1n) is 7.67. The Morgan fingerprint density at radius 3 is 2.68 bits per heavy atom. The summed E-state index contributed by atoms with van der Waals surface area (Å²) in [5.74, 6) is 0.502. The molecule has 0 saturated carbocycles. The van der Waals surface area contributed by atoms with Crippen molar-refractivity contribution in [3.8, 4) is 0 Å². The average Bonchev–Trinajstić information content (AvgIpc) is 3.11. The van der Waals surface area contributed by atoms with Crippen molar-refractivity contribution in [1.29, 1.82) is 0 Å². The van der Waals surface area contributed by atoms with Crippen LogP contribution in [-0.2, 0) is 11.3 Å². The van der Waals surface area contributed by atoms with Gasteiger partial charge in [0.2, 0.25) is 5.88 Å². The molecule has 1 aliphatic rings. The minimum absolute atomic E-state index is 0.129. The van der Waals surface area contributed by atoms with Gasteiger partial charge in [0.25, 0.3) is 0 Å². The largest absolute Gasteiger partial charge is 0.387 e. The zero-order valence-corrected chi connectivity index (χ0v) is 13.8. The third kappa shape index (κ3) is 3.34. The third-order valence-electron chi connectivity index (χ3n) is 3.99. The van der Waals surface area contributed by atoms with Crippen molar-refractivity contribution in [2.24, 2.45) is 5.73 Å². The lowest BCUT2D eigenvalue weighted by Gasteiger charge is -2.28. The van der Waals surface area contributed by atoms with Crippen LogP contribution in [0.1, 0.15) is 34.7 Å². The number of hydrogen-bond acceptors (Lipinski definition) is 4. The Bertz CT molecular complexity index is 650. The first-order valence-corrected chi connectivity index (χ1v) is 8.49. The molecule has 1 aromatic carbocycles. The maximum Gasteiger partial charge on any atom is 0.207 e. The van der Waals surface area contributed by atoms with E-state index in [1.54, 1.807) is 11.3 Å². The maximum absolute atomic E-state index is 5.91. The Balaban J connectivity index is 1.67. The van der Waals surface area contributed by atoms with Crippen LogP contribution in [0, 0.1) is 6.92 Å². The van der Waals surface area contributed by atoms with Crippen LogP contribution in [0.25, 0.3) is 0 Å². The van der Waals surface area contributed by atoms with Crippen LogP contribution in [-0.4, -0.2) is 11.1 Å². The molecule has 116 valence electrons. The number of thiophene rings is 1. The highest BCUT2D eigenvalue weighted by molar-refractivity contribution is 7.12. The van der Waals surface area contributed by atoms with Crippen molar-refractivity contribution in [2.75, 3.05) is 0 Å². The van der Waals surface area contributed by atoms with Gasteiger partial charge >= 0.3 is 0 Å². The topological polar surface area (TPSA) is 38.5 Å². The van der Waals surface area contributed by atoms with Gasteiger partial charge in [-0.05, 0) is 44.4 Å². The lowest BCUT2D eigenvalue weighted by atomic mass is 10.1. The van der Waals surface area contributed by atoms with E-state index < -0.39 is 0 Å². The van der Waals surface area contributed by atoms with Gasteiger partial charge in [0.1, 0.15) is 6.04 Å². The summed E-state index contributed by atoms with van der Waals surface area (Å²) in [7, 11) is 0. The molecule has 1 aliphatic heterocycles. The van der Waals surface area contributed by atoms with Crippen LogP contribution >= 0.6 is 11.3 Å². The van der Waals surface area contributed by atoms with Crippen LogP contribution in [0.4, 0.5) is 0 Å². The molecule has 3 rings (SSSR count). The smallest absolute Gasteiger partial charge is 0.207 e. The molecule has 2 N–H and O–H groups in total. The molecule has 2 atom stereocenters. The first kappa shape index (κ1) is 15.1. The molecule has 2 heterocycles. The Hall–Kier alpha value is -1.78. The predicted molar refractivity (Wildman–Crippen MR) is 91.2 cm³/mol. The molecule has 3 nitrogen and oxygen atoms in total. The lowest BCUT2D eigenvalue weighted by molar-refractivity contribution is -0.148. The molecule has 4 heteroatoms. The summed E-state index contributed by atoms with van der Waals surface area (Å²) in [5, 5.41) is 2.03. The summed E-state index contributed by atoms with van der Waals surface area (Å²) in [6.45, 7) is 4.32. The van der Waals surface area contributed by atoms with Crippen molar-refractivity contribution >= 4 is 11.3 Å². The van der Waals surface area contributed by atoms with Gasteiger partial charge < -0.3 is 10.6 Å². The highest BCUT2D eigenvalue weighted by Gasteiger charge is 2.32. The molecule has 2 unspecified atom stereocenters. The van der Waals surface area contributed by atoms with Crippen LogP contribution in [0.5, 0.6) is 0 Å². The monoisotopic (exact) mass is 314 g/mol. The van der Waals surface area contributed by atoms with Crippen molar-refractivity contribution in [1.82, 2.24) is 5.06 Å². The van der Waals surface area contributed by atoms with E-state index >= 15 is 0 Å². The summed E-state index contributed by atoms with van der Waals surface area (Å²) in [6.07, 6.45) is 4.08. The molecule has 0 bridgehead atoms. The van der Waals surface area contributed by atoms with Crippen molar-refractivity contribution in [3.05, 3.63) is 69.7 Å². The minimum Gasteiger partial charge on any atom is -0.387 e. The van der Waals surface area contributed by atoms with Gasteiger partial charge in [0.05, 0.1) is 0 Å². The molecule has 22 heavy (non-hydrogen) atoms. The second kappa shape index (κ2) is 6.55. The van der Waals surface area contributed by atoms with Crippen LogP contribution < -0.4 is 5.73 Å².